The lowest BCUT2D eigenvalue weighted by molar-refractivity contribution is 0.746. The van der Waals surface area contributed by atoms with E-state index in [0.717, 1.165) is 29.8 Å². The number of nitrogens with two attached hydrogens (primary N) is 1. The number of aliphatic imine (C=N–C) groups is 1. The van der Waals surface area contributed by atoms with Crippen molar-refractivity contribution in [1.29, 1.82) is 0 Å². The minimum Gasteiger partial charge on any atom is -0.370 e. The van der Waals surface area contributed by atoms with Gasteiger partial charge in [-0.15, -0.1) is 0 Å². The Labute approximate surface area is 125 Å². The second kappa shape index (κ2) is 6.92. The van der Waals surface area contributed by atoms with Crippen molar-refractivity contribution in [1.82, 2.24) is 9.78 Å². The minimum absolute atomic E-state index is 0.425. The van der Waals surface area contributed by atoms with E-state index in [4.69, 9.17) is 5.73 Å². The fraction of sp³-hybridized carbons (Fsp3) is 0.375. The first-order valence-electron chi connectivity index (χ1n) is 7.29. The SMILES string of the molecule is CCc1cccc(NC(N)=NCc2cn(C)nc2CC)c1. The number of benzene rings is 1. The van der Waals surface area contributed by atoms with Crippen LogP contribution in [0.4, 0.5) is 5.69 Å². The van der Waals surface area contributed by atoms with Gasteiger partial charge in [-0.25, -0.2) is 4.99 Å². The van der Waals surface area contributed by atoms with Gasteiger partial charge in [-0.1, -0.05) is 26.0 Å². The van der Waals surface area contributed by atoms with Gasteiger partial charge in [-0.2, -0.15) is 5.10 Å². The lowest BCUT2D eigenvalue weighted by Gasteiger charge is -2.07. The highest BCUT2D eigenvalue weighted by Gasteiger charge is 2.05. The molecule has 0 aliphatic heterocycles. The van der Waals surface area contributed by atoms with Gasteiger partial charge in [0.2, 0.25) is 0 Å². The van der Waals surface area contributed by atoms with Gasteiger partial charge in [-0.05, 0) is 30.5 Å². The highest BCUT2D eigenvalue weighted by molar-refractivity contribution is 5.92. The lowest BCUT2D eigenvalue weighted by atomic mass is 10.1. The summed E-state index contributed by atoms with van der Waals surface area (Å²) in [6.07, 6.45) is 3.90. The molecular weight excluding hydrogens is 262 g/mol. The molecule has 1 aromatic heterocycles. The van der Waals surface area contributed by atoms with E-state index in [2.05, 4.69) is 41.4 Å². The molecule has 1 heterocycles. The molecule has 0 saturated carbocycles. The van der Waals surface area contributed by atoms with Crippen LogP contribution in [0.2, 0.25) is 0 Å². The van der Waals surface area contributed by atoms with E-state index in [0.29, 0.717) is 12.5 Å². The summed E-state index contributed by atoms with van der Waals surface area (Å²) < 4.78 is 1.82. The van der Waals surface area contributed by atoms with Crippen LogP contribution < -0.4 is 11.1 Å². The minimum atomic E-state index is 0.425. The van der Waals surface area contributed by atoms with Gasteiger partial charge in [0.15, 0.2) is 5.96 Å². The van der Waals surface area contributed by atoms with Crippen LogP contribution in [0.3, 0.4) is 0 Å². The smallest absolute Gasteiger partial charge is 0.193 e. The first-order chi connectivity index (χ1) is 10.1. The van der Waals surface area contributed by atoms with Gasteiger partial charge < -0.3 is 11.1 Å². The largest absolute Gasteiger partial charge is 0.370 e. The molecule has 0 atom stereocenters. The van der Waals surface area contributed by atoms with Crippen LogP contribution in [0.5, 0.6) is 0 Å². The molecule has 0 aliphatic rings. The number of guanidine groups is 1. The first-order valence-corrected chi connectivity index (χ1v) is 7.29. The molecule has 0 spiro atoms. The van der Waals surface area contributed by atoms with Crippen molar-refractivity contribution < 1.29 is 0 Å². The van der Waals surface area contributed by atoms with Crippen LogP contribution in [0.1, 0.15) is 30.7 Å². The zero-order valence-electron chi connectivity index (χ0n) is 12.9. The van der Waals surface area contributed by atoms with Crippen molar-refractivity contribution in [2.24, 2.45) is 17.8 Å². The van der Waals surface area contributed by atoms with Crippen LogP contribution in [-0.2, 0) is 26.4 Å². The van der Waals surface area contributed by atoms with E-state index in [-0.39, 0.29) is 0 Å². The average Bonchev–Trinajstić information content (AvgIpc) is 2.85. The number of hydrogen-bond donors (Lipinski definition) is 2. The zero-order valence-corrected chi connectivity index (χ0v) is 12.9. The molecule has 5 nitrogen and oxygen atoms in total. The van der Waals surface area contributed by atoms with Crippen molar-refractivity contribution >= 4 is 11.6 Å². The highest BCUT2D eigenvalue weighted by Crippen LogP contribution is 2.11. The summed E-state index contributed by atoms with van der Waals surface area (Å²) in [6, 6.07) is 8.19. The molecule has 0 unspecified atom stereocenters. The van der Waals surface area contributed by atoms with Crippen molar-refractivity contribution in [2.75, 3.05) is 5.32 Å². The van der Waals surface area contributed by atoms with E-state index in [1.54, 1.807) is 0 Å². The molecule has 0 radical (unpaired) electrons. The summed E-state index contributed by atoms with van der Waals surface area (Å²) in [4.78, 5) is 4.40. The van der Waals surface area contributed by atoms with Crippen LogP contribution in [0.25, 0.3) is 0 Å². The topological polar surface area (TPSA) is 68.2 Å². The maximum absolute atomic E-state index is 5.96. The third kappa shape index (κ3) is 4.08. The van der Waals surface area contributed by atoms with Gasteiger partial charge in [-0.3, -0.25) is 4.68 Å². The predicted molar refractivity (Wildman–Crippen MR) is 87.4 cm³/mol. The Morgan fingerprint density at radius 1 is 1.33 bits per heavy atom. The van der Waals surface area contributed by atoms with Crippen LogP contribution in [0.15, 0.2) is 35.5 Å². The second-order valence-electron chi connectivity index (χ2n) is 5.01. The normalized spacial score (nSPS) is 11.7. The number of hydrogen-bond acceptors (Lipinski definition) is 2. The van der Waals surface area contributed by atoms with Gasteiger partial charge in [0, 0.05) is 24.5 Å². The van der Waals surface area contributed by atoms with Crippen LogP contribution >= 0.6 is 0 Å². The fourth-order valence-corrected chi connectivity index (χ4v) is 2.24. The van der Waals surface area contributed by atoms with Crippen molar-refractivity contribution in [2.45, 2.75) is 33.2 Å². The van der Waals surface area contributed by atoms with Crippen LogP contribution in [0, 0.1) is 0 Å². The maximum Gasteiger partial charge on any atom is 0.193 e. The fourth-order valence-electron chi connectivity index (χ4n) is 2.24. The Morgan fingerprint density at radius 3 is 2.86 bits per heavy atom. The van der Waals surface area contributed by atoms with Gasteiger partial charge in [0.05, 0.1) is 12.2 Å². The summed E-state index contributed by atoms with van der Waals surface area (Å²) in [5.41, 5.74) is 10.4. The van der Waals surface area contributed by atoms with E-state index < -0.39 is 0 Å². The van der Waals surface area contributed by atoms with Crippen molar-refractivity contribution in [3.8, 4) is 0 Å². The summed E-state index contributed by atoms with van der Waals surface area (Å²) in [5.74, 6) is 0.425. The Hall–Kier alpha value is -2.30. The number of aryl methyl sites for hydroxylation is 3. The second-order valence-corrected chi connectivity index (χ2v) is 5.01. The van der Waals surface area contributed by atoms with E-state index in [1.165, 1.54) is 5.56 Å². The monoisotopic (exact) mass is 285 g/mol. The molecule has 0 amide bonds. The van der Waals surface area contributed by atoms with Gasteiger partial charge in [0.25, 0.3) is 0 Å². The zero-order chi connectivity index (χ0) is 15.2. The summed E-state index contributed by atoms with van der Waals surface area (Å²) in [6.45, 7) is 4.77. The molecule has 5 heteroatoms. The number of anilines is 1. The summed E-state index contributed by atoms with van der Waals surface area (Å²) >= 11 is 0. The lowest BCUT2D eigenvalue weighted by Crippen LogP contribution is -2.22. The van der Waals surface area contributed by atoms with E-state index in [1.807, 2.05) is 30.1 Å². The van der Waals surface area contributed by atoms with Gasteiger partial charge in [0.1, 0.15) is 0 Å². The molecule has 2 rings (SSSR count). The predicted octanol–water partition coefficient (Wildman–Crippen LogP) is 2.47. The molecular formula is C16H23N5. The summed E-state index contributed by atoms with van der Waals surface area (Å²) in [5, 5.41) is 7.53. The van der Waals surface area contributed by atoms with Gasteiger partial charge >= 0.3 is 0 Å². The molecule has 2 aromatic rings. The first kappa shape index (κ1) is 15.1. The van der Waals surface area contributed by atoms with E-state index >= 15 is 0 Å². The molecule has 3 N–H and O–H groups in total. The Bertz CT molecular complexity index is 627. The van der Waals surface area contributed by atoms with E-state index in [9.17, 15) is 0 Å². The van der Waals surface area contributed by atoms with Crippen LogP contribution in [-0.4, -0.2) is 15.7 Å². The molecule has 1 aromatic carbocycles. The number of nitrogens with zero attached hydrogens (tertiary/aromatic N) is 3. The molecule has 0 bridgehead atoms. The molecule has 0 fully saturated rings. The number of aromatic nitrogens is 2. The third-order valence-corrected chi connectivity index (χ3v) is 3.35. The maximum atomic E-state index is 5.96. The third-order valence-electron chi connectivity index (χ3n) is 3.35. The summed E-state index contributed by atoms with van der Waals surface area (Å²) in [7, 11) is 1.92. The molecule has 21 heavy (non-hydrogen) atoms. The molecule has 0 saturated heterocycles. The number of rotatable bonds is 5. The Balaban J connectivity index is 2.03. The highest BCUT2D eigenvalue weighted by atomic mass is 15.3. The molecule has 0 aliphatic carbocycles. The molecule has 112 valence electrons. The van der Waals surface area contributed by atoms with Crippen molar-refractivity contribution in [3.05, 3.63) is 47.3 Å². The average molecular weight is 285 g/mol. The Kier molecular flexibility index (Phi) is 4.98. The van der Waals surface area contributed by atoms with Crippen molar-refractivity contribution in [3.63, 3.8) is 0 Å². The Morgan fingerprint density at radius 2 is 2.14 bits per heavy atom. The number of nitrogens with one attached hydrogen (secondary N) is 1. The standard InChI is InChI=1S/C16H23N5/c1-4-12-7-6-8-14(9-12)19-16(17)18-10-13-11-21(3)20-15(13)5-2/h6-9,11H,4-5,10H2,1-3H3,(H3,17,18,19). The quantitative estimate of drug-likeness (QED) is 0.655.